The van der Waals surface area contributed by atoms with Crippen molar-refractivity contribution >= 4 is 34.3 Å². The molecule has 5 nitrogen and oxygen atoms in total. The molecule has 6 heteroatoms. The Morgan fingerprint density at radius 2 is 2.38 bits per heavy atom. The third-order valence-corrected chi connectivity index (χ3v) is 2.84. The Bertz CT molecular complexity index is 358. The molecule has 1 aromatic rings. The summed E-state index contributed by atoms with van der Waals surface area (Å²) in [6.07, 6.45) is 5.28. The van der Waals surface area contributed by atoms with Crippen LogP contribution in [0.15, 0.2) is 12.5 Å². The number of amides is 1. The number of hydrogen-bond acceptors (Lipinski definition) is 4. The predicted octanol–water partition coefficient (Wildman–Crippen LogP) is 1.17. The molecule has 0 saturated carbocycles. The molecule has 1 aromatic heterocycles. The fraction of sp³-hybridized carbons (Fsp3) is 0.500. The van der Waals surface area contributed by atoms with Gasteiger partial charge in [-0.1, -0.05) is 13.3 Å². The molecule has 1 amide bonds. The van der Waals surface area contributed by atoms with Gasteiger partial charge in [0.25, 0.3) is 0 Å². The average Bonchev–Trinajstić information content (AvgIpc) is 2.24. The molecule has 0 unspecified atom stereocenters. The maximum absolute atomic E-state index is 11.0. The van der Waals surface area contributed by atoms with Crippen LogP contribution in [0, 0.1) is 3.57 Å². The largest absolute Gasteiger partial charge is 0.368 e. The van der Waals surface area contributed by atoms with Gasteiger partial charge in [0.15, 0.2) is 0 Å². The van der Waals surface area contributed by atoms with Gasteiger partial charge in [-0.25, -0.2) is 9.97 Å². The molecule has 0 saturated heterocycles. The minimum Gasteiger partial charge on any atom is -0.368 e. The van der Waals surface area contributed by atoms with E-state index in [0.717, 1.165) is 28.8 Å². The van der Waals surface area contributed by atoms with Crippen molar-refractivity contribution in [3.05, 3.63) is 16.1 Å². The molecule has 1 heterocycles. The van der Waals surface area contributed by atoms with E-state index < -0.39 is 0 Å². The summed E-state index contributed by atoms with van der Waals surface area (Å²) in [5, 5.41) is 0. The minimum atomic E-state index is -0.342. The number of rotatable bonds is 6. The van der Waals surface area contributed by atoms with Crippen LogP contribution in [-0.4, -0.2) is 29.0 Å². The van der Waals surface area contributed by atoms with E-state index in [1.807, 2.05) is 4.90 Å². The van der Waals surface area contributed by atoms with Gasteiger partial charge >= 0.3 is 0 Å². The van der Waals surface area contributed by atoms with E-state index in [1.54, 1.807) is 6.20 Å². The first-order valence-corrected chi connectivity index (χ1v) is 6.21. The van der Waals surface area contributed by atoms with Gasteiger partial charge in [-0.05, 0) is 29.0 Å². The highest BCUT2D eigenvalue weighted by Gasteiger charge is 2.13. The molecule has 0 spiro atoms. The van der Waals surface area contributed by atoms with Crippen molar-refractivity contribution in [3.8, 4) is 0 Å². The standard InChI is InChI=1S/C10H15IN4O/c1-2-3-4-15(6-9(12)16)10-8(11)5-13-7-14-10/h5,7H,2-4,6H2,1H3,(H2,12,16). The lowest BCUT2D eigenvalue weighted by atomic mass is 10.3. The van der Waals surface area contributed by atoms with Gasteiger partial charge in [0.1, 0.15) is 12.1 Å². The lowest BCUT2D eigenvalue weighted by molar-refractivity contribution is -0.116. The number of aromatic nitrogens is 2. The van der Waals surface area contributed by atoms with E-state index >= 15 is 0 Å². The summed E-state index contributed by atoms with van der Waals surface area (Å²) in [4.78, 5) is 21.0. The third kappa shape index (κ3) is 3.92. The summed E-state index contributed by atoms with van der Waals surface area (Å²) in [6, 6.07) is 0. The number of unbranched alkanes of at least 4 members (excludes halogenated alkanes) is 1. The highest BCUT2D eigenvalue weighted by atomic mass is 127. The smallest absolute Gasteiger partial charge is 0.236 e. The van der Waals surface area contributed by atoms with Crippen molar-refractivity contribution in [2.75, 3.05) is 18.0 Å². The van der Waals surface area contributed by atoms with Crippen LogP contribution in [0.1, 0.15) is 19.8 Å². The quantitative estimate of drug-likeness (QED) is 0.793. The summed E-state index contributed by atoms with van der Waals surface area (Å²) in [6.45, 7) is 3.09. The Morgan fingerprint density at radius 3 is 2.94 bits per heavy atom. The average molecular weight is 334 g/mol. The first kappa shape index (κ1) is 13.1. The van der Waals surface area contributed by atoms with Crippen molar-refractivity contribution < 1.29 is 4.79 Å². The van der Waals surface area contributed by atoms with Crippen LogP contribution < -0.4 is 10.6 Å². The molecule has 0 aliphatic rings. The fourth-order valence-electron chi connectivity index (χ4n) is 1.34. The second kappa shape index (κ2) is 6.62. The van der Waals surface area contributed by atoms with Gasteiger partial charge in [0.05, 0.1) is 10.1 Å². The number of hydrogen-bond donors (Lipinski definition) is 1. The molecule has 16 heavy (non-hydrogen) atoms. The van der Waals surface area contributed by atoms with Crippen molar-refractivity contribution in [1.29, 1.82) is 0 Å². The molecule has 0 fully saturated rings. The number of carbonyl (C=O) groups is 1. The number of primary amides is 1. The molecular weight excluding hydrogens is 319 g/mol. The molecule has 88 valence electrons. The number of nitrogens with two attached hydrogens (primary N) is 1. The molecule has 1 rings (SSSR count). The predicted molar refractivity (Wildman–Crippen MR) is 71.1 cm³/mol. The third-order valence-electron chi connectivity index (χ3n) is 2.08. The minimum absolute atomic E-state index is 0.201. The van der Waals surface area contributed by atoms with E-state index in [4.69, 9.17) is 5.73 Å². The van der Waals surface area contributed by atoms with Gasteiger partial charge in [0.2, 0.25) is 5.91 Å². The van der Waals surface area contributed by atoms with E-state index in [-0.39, 0.29) is 12.5 Å². The van der Waals surface area contributed by atoms with Gasteiger partial charge in [-0.2, -0.15) is 0 Å². The number of anilines is 1. The highest BCUT2D eigenvalue weighted by Crippen LogP contribution is 2.18. The van der Waals surface area contributed by atoms with Crippen molar-refractivity contribution in [1.82, 2.24) is 9.97 Å². The van der Waals surface area contributed by atoms with Crippen LogP contribution in [0.2, 0.25) is 0 Å². The zero-order valence-corrected chi connectivity index (χ0v) is 11.3. The molecule has 0 atom stereocenters. The first-order valence-electron chi connectivity index (χ1n) is 5.14. The molecular formula is C10H15IN4O. The molecule has 0 bridgehead atoms. The van der Waals surface area contributed by atoms with Crippen molar-refractivity contribution in [2.24, 2.45) is 5.73 Å². The molecule has 2 N–H and O–H groups in total. The normalized spacial score (nSPS) is 10.1. The van der Waals surface area contributed by atoms with Gasteiger partial charge in [-0.15, -0.1) is 0 Å². The van der Waals surface area contributed by atoms with Gasteiger partial charge in [-0.3, -0.25) is 4.79 Å². The number of nitrogens with zero attached hydrogens (tertiary/aromatic N) is 3. The molecule has 0 aromatic carbocycles. The monoisotopic (exact) mass is 334 g/mol. The van der Waals surface area contributed by atoms with E-state index in [9.17, 15) is 4.79 Å². The second-order valence-corrected chi connectivity index (χ2v) is 4.60. The summed E-state index contributed by atoms with van der Waals surface area (Å²) in [5.74, 6) is 0.438. The maximum atomic E-state index is 11.0. The Hall–Kier alpha value is -0.920. The number of halogens is 1. The van der Waals surface area contributed by atoms with Crippen LogP contribution in [0.25, 0.3) is 0 Å². The summed E-state index contributed by atoms with van der Waals surface area (Å²) < 4.78 is 0.928. The lowest BCUT2D eigenvalue weighted by Crippen LogP contribution is -2.35. The van der Waals surface area contributed by atoms with Gasteiger partial charge < -0.3 is 10.6 Å². The molecule has 0 aliphatic carbocycles. The van der Waals surface area contributed by atoms with Crippen LogP contribution in [0.3, 0.4) is 0 Å². The Balaban J connectivity index is 2.82. The summed E-state index contributed by atoms with van der Waals surface area (Å²) in [7, 11) is 0. The van der Waals surface area contributed by atoms with E-state index in [1.165, 1.54) is 6.33 Å². The SMILES string of the molecule is CCCCN(CC(N)=O)c1ncncc1I. The van der Waals surface area contributed by atoms with Crippen LogP contribution in [0.4, 0.5) is 5.82 Å². The van der Waals surface area contributed by atoms with Crippen LogP contribution >= 0.6 is 22.6 Å². The topological polar surface area (TPSA) is 72.1 Å². The Kier molecular flexibility index (Phi) is 5.44. The van der Waals surface area contributed by atoms with E-state index in [2.05, 4.69) is 39.5 Å². The van der Waals surface area contributed by atoms with Gasteiger partial charge in [0, 0.05) is 12.7 Å². The summed E-state index contributed by atoms with van der Waals surface area (Å²) in [5.41, 5.74) is 5.23. The second-order valence-electron chi connectivity index (χ2n) is 3.44. The molecule has 0 radical (unpaired) electrons. The van der Waals surface area contributed by atoms with Crippen LogP contribution in [0.5, 0.6) is 0 Å². The number of carbonyl (C=O) groups excluding carboxylic acids is 1. The highest BCUT2D eigenvalue weighted by molar-refractivity contribution is 14.1. The fourth-order valence-corrected chi connectivity index (χ4v) is 1.98. The maximum Gasteiger partial charge on any atom is 0.236 e. The molecule has 0 aliphatic heterocycles. The van der Waals surface area contributed by atoms with Crippen LogP contribution in [-0.2, 0) is 4.79 Å². The Labute approximate surface area is 109 Å². The zero-order valence-electron chi connectivity index (χ0n) is 9.19. The van der Waals surface area contributed by atoms with E-state index in [0.29, 0.717) is 0 Å². The Morgan fingerprint density at radius 1 is 1.62 bits per heavy atom. The first-order chi connectivity index (χ1) is 7.65. The zero-order chi connectivity index (χ0) is 12.0. The lowest BCUT2D eigenvalue weighted by Gasteiger charge is -2.22. The van der Waals surface area contributed by atoms with Crippen molar-refractivity contribution in [2.45, 2.75) is 19.8 Å². The van der Waals surface area contributed by atoms with Crippen molar-refractivity contribution in [3.63, 3.8) is 0 Å². The summed E-state index contributed by atoms with van der Waals surface area (Å²) >= 11 is 2.16.